The Bertz CT molecular complexity index is 660. The topological polar surface area (TPSA) is 21.3 Å². The van der Waals surface area contributed by atoms with Gasteiger partial charge in [0.05, 0.1) is 0 Å². The summed E-state index contributed by atoms with van der Waals surface area (Å²) >= 11 is 0. The average Bonchev–Trinajstić information content (AvgIpc) is 3.15. The largest absolute Gasteiger partial charge is 0.489 e. The zero-order valence-corrected chi connectivity index (χ0v) is 16.0. The normalized spacial score (nSPS) is 21.3. The van der Waals surface area contributed by atoms with Crippen LogP contribution in [0, 0.1) is 17.3 Å². The molecule has 2 unspecified atom stereocenters. The summed E-state index contributed by atoms with van der Waals surface area (Å²) < 4.78 is 5.90. The molecule has 2 atom stereocenters. The minimum Gasteiger partial charge on any atom is -0.489 e. The van der Waals surface area contributed by atoms with Crippen molar-refractivity contribution in [1.82, 2.24) is 5.32 Å². The van der Waals surface area contributed by atoms with Crippen LogP contribution in [0.2, 0.25) is 0 Å². The van der Waals surface area contributed by atoms with E-state index in [0.717, 1.165) is 24.8 Å². The molecule has 1 N–H and O–H groups in total. The molecule has 0 heterocycles. The van der Waals surface area contributed by atoms with Gasteiger partial charge in [-0.3, -0.25) is 0 Å². The molecule has 0 aliphatic heterocycles. The molecule has 3 rings (SSSR count). The van der Waals surface area contributed by atoms with Crippen LogP contribution < -0.4 is 10.1 Å². The van der Waals surface area contributed by atoms with E-state index in [1.807, 2.05) is 18.2 Å². The Morgan fingerprint density at radius 3 is 2.32 bits per heavy atom. The first-order chi connectivity index (χ1) is 12.0. The van der Waals surface area contributed by atoms with Crippen molar-refractivity contribution in [1.29, 1.82) is 0 Å². The first kappa shape index (κ1) is 18.0. The smallest absolute Gasteiger partial charge is 0.119 e. The summed E-state index contributed by atoms with van der Waals surface area (Å²) in [6.45, 7) is 12.1. The molecule has 1 saturated carbocycles. The molecular formula is C23H31NO. The lowest BCUT2D eigenvalue weighted by Gasteiger charge is -2.08. The summed E-state index contributed by atoms with van der Waals surface area (Å²) in [6, 6.07) is 19.0. The van der Waals surface area contributed by atoms with Gasteiger partial charge in [0.15, 0.2) is 0 Å². The monoisotopic (exact) mass is 337 g/mol. The van der Waals surface area contributed by atoms with E-state index < -0.39 is 0 Å². The summed E-state index contributed by atoms with van der Waals surface area (Å²) in [5.74, 6) is 3.03. The maximum absolute atomic E-state index is 5.90. The average molecular weight is 338 g/mol. The van der Waals surface area contributed by atoms with Crippen molar-refractivity contribution in [2.45, 2.75) is 40.2 Å². The lowest BCUT2D eigenvalue weighted by atomic mass is 10.0. The maximum atomic E-state index is 5.90. The lowest BCUT2D eigenvalue weighted by molar-refractivity contribution is 0.306. The minimum absolute atomic E-state index is 0.385. The van der Waals surface area contributed by atoms with E-state index in [1.54, 1.807) is 0 Å². The Kier molecular flexibility index (Phi) is 5.48. The van der Waals surface area contributed by atoms with E-state index in [4.69, 9.17) is 4.74 Å². The number of ether oxygens (including phenoxy) is 1. The van der Waals surface area contributed by atoms with Crippen molar-refractivity contribution in [3.63, 3.8) is 0 Å². The SMILES string of the molecule is CC(C)CNCC1C(c2ccc(OCc3ccccc3)cc2)C1(C)C. The molecule has 2 heteroatoms. The zero-order valence-electron chi connectivity index (χ0n) is 16.0. The third-order valence-corrected chi connectivity index (χ3v) is 5.45. The number of nitrogens with one attached hydrogen (secondary N) is 1. The Hall–Kier alpha value is -1.80. The number of hydrogen-bond donors (Lipinski definition) is 1. The Labute approximate surface area is 152 Å². The van der Waals surface area contributed by atoms with Gasteiger partial charge in [0.1, 0.15) is 12.4 Å². The first-order valence-electron chi connectivity index (χ1n) is 9.46. The summed E-state index contributed by atoms with van der Waals surface area (Å²) in [4.78, 5) is 0. The summed E-state index contributed by atoms with van der Waals surface area (Å²) in [7, 11) is 0. The Morgan fingerprint density at radius 1 is 1.00 bits per heavy atom. The van der Waals surface area contributed by atoms with Crippen LogP contribution in [0.4, 0.5) is 0 Å². The summed E-state index contributed by atoms with van der Waals surface area (Å²) in [5, 5.41) is 3.63. The van der Waals surface area contributed by atoms with Crippen LogP contribution in [0.25, 0.3) is 0 Å². The van der Waals surface area contributed by atoms with Crippen molar-refractivity contribution < 1.29 is 4.74 Å². The number of rotatable bonds is 8. The highest BCUT2D eigenvalue weighted by atomic mass is 16.5. The van der Waals surface area contributed by atoms with Crippen molar-refractivity contribution >= 4 is 0 Å². The third-order valence-electron chi connectivity index (χ3n) is 5.45. The van der Waals surface area contributed by atoms with Gasteiger partial charge in [0.25, 0.3) is 0 Å². The van der Waals surface area contributed by atoms with Crippen LogP contribution in [-0.2, 0) is 6.61 Å². The zero-order chi connectivity index (χ0) is 17.9. The fourth-order valence-corrected chi connectivity index (χ4v) is 3.83. The van der Waals surface area contributed by atoms with Crippen molar-refractivity contribution in [3.05, 3.63) is 65.7 Å². The predicted octanol–water partition coefficient (Wildman–Crippen LogP) is 5.25. The molecule has 2 nitrogen and oxygen atoms in total. The summed E-state index contributed by atoms with van der Waals surface area (Å²) in [5.41, 5.74) is 3.02. The van der Waals surface area contributed by atoms with Gasteiger partial charge in [-0.1, -0.05) is 70.2 Å². The van der Waals surface area contributed by atoms with E-state index in [1.165, 1.54) is 11.1 Å². The second kappa shape index (κ2) is 7.61. The number of benzene rings is 2. The van der Waals surface area contributed by atoms with Crippen molar-refractivity contribution in [3.8, 4) is 5.75 Å². The van der Waals surface area contributed by atoms with E-state index in [-0.39, 0.29) is 0 Å². The van der Waals surface area contributed by atoms with Gasteiger partial charge < -0.3 is 10.1 Å². The van der Waals surface area contributed by atoms with Gasteiger partial charge in [0, 0.05) is 0 Å². The van der Waals surface area contributed by atoms with Gasteiger partial charge in [0.2, 0.25) is 0 Å². The lowest BCUT2D eigenvalue weighted by Crippen LogP contribution is -2.23. The molecule has 0 amide bonds. The molecule has 2 aromatic carbocycles. The molecule has 2 aromatic rings. The van der Waals surface area contributed by atoms with Crippen LogP contribution in [-0.4, -0.2) is 13.1 Å². The van der Waals surface area contributed by atoms with Gasteiger partial charge in [-0.05, 0) is 59.5 Å². The van der Waals surface area contributed by atoms with E-state index in [0.29, 0.717) is 23.9 Å². The van der Waals surface area contributed by atoms with Crippen LogP contribution in [0.3, 0.4) is 0 Å². The first-order valence-corrected chi connectivity index (χ1v) is 9.46. The maximum Gasteiger partial charge on any atom is 0.119 e. The molecule has 134 valence electrons. The standard InChI is InChI=1S/C23H31NO/c1-17(2)14-24-15-21-22(23(21,3)4)19-10-12-20(13-11-19)25-16-18-8-6-5-7-9-18/h5-13,17,21-22,24H,14-16H2,1-4H3. The predicted molar refractivity (Wildman–Crippen MR) is 105 cm³/mol. The van der Waals surface area contributed by atoms with E-state index >= 15 is 0 Å². The highest BCUT2D eigenvalue weighted by molar-refractivity contribution is 5.36. The highest BCUT2D eigenvalue weighted by Crippen LogP contribution is 2.64. The molecule has 0 radical (unpaired) electrons. The quantitative estimate of drug-likeness (QED) is 0.710. The molecule has 0 saturated heterocycles. The molecular weight excluding hydrogens is 306 g/mol. The summed E-state index contributed by atoms with van der Waals surface area (Å²) in [6.07, 6.45) is 0. The fourth-order valence-electron chi connectivity index (χ4n) is 3.83. The van der Waals surface area contributed by atoms with E-state index in [9.17, 15) is 0 Å². The highest BCUT2D eigenvalue weighted by Gasteiger charge is 2.57. The van der Waals surface area contributed by atoms with Crippen molar-refractivity contribution in [2.24, 2.45) is 17.3 Å². The second-order valence-corrected chi connectivity index (χ2v) is 8.30. The Morgan fingerprint density at radius 2 is 1.68 bits per heavy atom. The molecule has 25 heavy (non-hydrogen) atoms. The molecule has 1 aliphatic rings. The molecule has 1 fully saturated rings. The molecule has 1 aliphatic carbocycles. The molecule has 0 aromatic heterocycles. The fraction of sp³-hybridized carbons (Fsp3) is 0.478. The van der Waals surface area contributed by atoms with E-state index in [2.05, 4.69) is 69.4 Å². The minimum atomic E-state index is 0.385. The number of hydrogen-bond acceptors (Lipinski definition) is 2. The van der Waals surface area contributed by atoms with Gasteiger partial charge in [-0.15, -0.1) is 0 Å². The van der Waals surface area contributed by atoms with Crippen LogP contribution in [0.5, 0.6) is 5.75 Å². The van der Waals surface area contributed by atoms with Crippen molar-refractivity contribution in [2.75, 3.05) is 13.1 Å². The molecule has 0 bridgehead atoms. The molecule has 0 spiro atoms. The van der Waals surface area contributed by atoms with Crippen LogP contribution in [0.15, 0.2) is 54.6 Å². The van der Waals surface area contributed by atoms with Gasteiger partial charge in [-0.2, -0.15) is 0 Å². The van der Waals surface area contributed by atoms with Crippen LogP contribution in [0.1, 0.15) is 44.7 Å². The third kappa shape index (κ3) is 4.43. The van der Waals surface area contributed by atoms with Gasteiger partial charge >= 0.3 is 0 Å². The Balaban J connectivity index is 1.55. The second-order valence-electron chi connectivity index (χ2n) is 8.30. The van der Waals surface area contributed by atoms with Gasteiger partial charge in [-0.25, -0.2) is 0 Å². The van der Waals surface area contributed by atoms with Crippen LogP contribution >= 0.6 is 0 Å².